The second kappa shape index (κ2) is 5.48. The summed E-state index contributed by atoms with van der Waals surface area (Å²) in [5.74, 6) is 0.124. The molecule has 0 spiro atoms. The number of nitrogens with zero attached hydrogens (tertiary/aromatic N) is 1. The number of alkyl halides is 1. The van der Waals surface area contributed by atoms with E-state index >= 15 is 0 Å². The van der Waals surface area contributed by atoms with Crippen molar-refractivity contribution in [3.63, 3.8) is 0 Å². The number of fused-ring (bicyclic) bond motifs is 1. The average Bonchev–Trinajstić information content (AvgIpc) is 3.10. The molecule has 0 radical (unpaired) electrons. The molecule has 1 aromatic heterocycles. The lowest BCUT2D eigenvalue weighted by molar-refractivity contribution is -0.117. The lowest BCUT2D eigenvalue weighted by Crippen LogP contribution is -2.25. The van der Waals surface area contributed by atoms with E-state index in [1.54, 1.807) is 16.2 Å². The maximum Gasteiger partial charge on any atom is 0.341 e. The summed E-state index contributed by atoms with van der Waals surface area (Å²) in [6.07, 6.45) is 3.56. The zero-order valence-corrected chi connectivity index (χ0v) is 13.7. The van der Waals surface area contributed by atoms with Gasteiger partial charge in [0.2, 0.25) is 5.91 Å². The molecule has 1 unspecified atom stereocenters. The number of ether oxygens (including phenoxy) is 1. The van der Waals surface area contributed by atoms with Gasteiger partial charge in [-0.15, -0.1) is 11.3 Å². The quantitative estimate of drug-likeness (QED) is 0.617. The van der Waals surface area contributed by atoms with Crippen molar-refractivity contribution in [1.29, 1.82) is 0 Å². The summed E-state index contributed by atoms with van der Waals surface area (Å²) < 4.78 is 4.93. The van der Waals surface area contributed by atoms with Gasteiger partial charge in [0, 0.05) is 23.2 Å². The Kier molecular flexibility index (Phi) is 3.86. The van der Waals surface area contributed by atoms with Crippen LogP contribution in [0.2, 0.25) is 0 Å². The van der Waals surface area contributed by atoms with Gasteiger partial charge in [-0.25, -0.2) is 4.79 Å². The number of esters is 1. The van der Waals surface area contributed by atoms with E-state index in [2.05, 4.69) is 15.9 Å². The number of hydrogen-bond donors (Lipinski definition) is 0. The van der Waals surface area contributed by atoms with Gasteiger partial charge in [-0.05, 0) is 30.7 Å². The van der Waals surface area contributed by atoms with Crippen molar-refractivity contribution < 1.29 is 14.3 Å². The Morgan fingerprint density at radius 2 is 2.30 bits per heavy atom. The number of hydrogen-bond acceptors (Lipinski definition) is 4. The van der Waals surface area contributed by atoms with Crippen molar-refractivity contribution in [2.75, 3.05) is 23.9 Å². The first-order valence-corrected chi connectivity index (χ1v) is 8.68. The van der Waals surface area contributed by atoms with Crippen LogP contribution in [-0.4, -0.2) is 30.9 Å². The van der Waals surface area contributed by atoms with E-state index < -0.39 is 0 Å². The molecule has 1 fully saturated rings. The maximum atomic E-state index is 12.2. The number of thiophene rings is 1. The second-order valence-electron chi connectivity index (χ2n) is 5.26. The van der Waals surface area contributed by atoms with Crippen LogP contribution in [0.5, 0.6) is 0 Å². The minimum Gasteiger partial charge on any atom is -0.465 e. The molecular weight excluding hydrogens is 342 g/mol. The lowest BCUT2D eigenvalue weighted by atomic mass is 10.1. The fourth-order valence-corrected chi connectivity index (χ4v) is 4.81. The summed E-state index contributed by atoms with van der Waals surface area (Å²) in [6, 6.07) is 0. The number of anilines is 1. The Morgan fingerprint density at radius 3 is 2.95 bits per heavy atom. The molecule has 1 saturated heterocycles. The Bertz CT molecular complexity index is 569. The summed E-state index contributed by atoms with van der Waals surface area (Å²) in [7, 11) is 1.40. The van der Waals surface area contributed by atoms with E-state index in [1.807, 2.05) is 0 Å². The van der Waals surface area contributed by atoms with Crippen LogP contribution in [0.15, 0.2) is 0 Å². The highest BCUT2D eigenvalue weighted by atomic mass is 79.9. The number of rotatable bonds is 3. The summed E-state index contributed by atoms with van der Waals surface area (Å²) >= 11 is 5.04. The Labute approximate surface area is 130 Å². The molecule has 0 N–H and O–H groups in total. The van der Waals surface area contributed by atoms with Crippen molar-refractivity contribution in [2.24, 2.45) is 5.92 Å². The van der Waals surface area contributed by atoms with E-state index in [1.165, 1.54) is 12.0 Å². The van der Waals surface area contributed by atoms with Crippen molar-refractivity contribution in [2.45, 2.75) is 25.7 Å². The van der Waals surface area contributed by atoms with Crippen LogP contribution < -0.4 is 4.90 Å². The highest BCUT2D eigenvalue weighted by molar-refractivity contribution is 9.09. The van der Waals surface area contributed by atoms with Gasteiger partial charge in [0.1, 0.15) is 5.00 Å². The van der Waals surface area contributed by atoms with Crippen LogP contribution in [-0.2, 0) is 22.4 Å². The third-order valence-corrected chi connectivity index (χ3v) is 6.19. The molecule has 4 nitrogen and oxygen atoms in total. The zero-order chi connectivity index (χ0) is 14.3. The van der Waals surface area contributed by atoms with E-state index in [4.69, 9.17) is 4.74 Å². The Morgan fingerprint density at radius 1 is 1.50 bits per heavy atom. The fourth-order valence-electron chi connectivity index (χ4n) is 2.97. The van der Waals surface area contributed by atoms with Gasteiger partial charge in [0.15, 0.2) is 0 Å². The van der Waals surface area contributed by atoms with Crippen LogP contribution in [0.25, 0.3) is 0 Å². The number of methoxy groups -OCH3 is 1. The maximum absolute atomic E-state index is 12.2. The fraction of sp³-hybridized carbons (Fsp3) is 0.571. The van der Waals surface area contributed by atoms with Gasteiger partial charge < -0.3 is 9.64 Å². The molecule has 0 aromatic carbocycles. The van der Waals surface area contributed by atoms with Gasteiger partial charge in [0.05, 0.1) is 12.7 Å². The van der Waals surface area contributed by atoms with Crippen LogP contribution in [0, 0.1) is 5.92 Å². The summed E-state index contributed by atoms with van der Waals surface area (Å²) in [4.78, 5) is 27.3. The van der Waals surface area contributed by atoms with E-state index in [0.717, 1.165) is 35.2 Å². The van der Waals surface area contributed by atoms with Crippen molar-refractivity contribution in [3.05, 3.63) is 16.0 Å². The smallest absolute Gasteiger partial charge is 0.341 e. The third-order valence-electron chi connectivity index (χ3n) is 3.96. The van der Waals surface area contributed by atoms with Crippen molar-refractivity contribution >= 4 is 44.1 Å². The van der Waals surface area contributed by atoms with Crippen LogP contribution >= 0.6 is 27.3 Å². The largest absolute Gasteiger partial charge is 0.465 e. The molecule has 1 aliphatic heterocycles. The Balaban J connectivity index is 2.02. The minimum absolute atomic E-state index is 0.111. The molecule has 108 valence electrons. The first-order valence-electron chi connectivity index (χ1n) is 6.74. The van der Waals surface area contributed by atoms with Gasteiger partial charge in [-0.2, -0.15) is 0 Å². The third kappa shape index (κ3) is 2.19. The number of carbonyl (C=O) groups is 2. The molecule has 1 atom stereocenters. The highest BCUT2D eigenvalue weighted by Crippen LogP contribution is 2.43. The van der Waals surface area contributed by atoms with Crippen LogP contribution in [0.3, 0.4) is 0 Å². The summed E-state index contributed by atoms with van der Waals surface area (Å²) in [5.41, 5.74) is 1.74. The predicted molar refractivity (Wildman–Crippen MR) is 81.9 cm³/mol. The molecule has 2 aliphatic rings. The molecule has 0 saturated carbocycles. The Hall–Kier alpha value is -0.880. The number of amides is 1. The monoisotopic (exact) mass is 357 g/mol. The first-order chi connectivity index (χ1) is 9.65. The second-order valence-corrected chi connectivity index (χ2v) is 6.99. The molecular formula is C14H16BrNO3S. The zero-order valence-electron chi connectivity index (χ0n) is 11.3. The van der Waals surface area contributed by atoms with Gasteiger partial charge in [-0.3, -0.25) is 4.79 Å². The van der Waals surface area contributed by atoms with Crippen LogP contribution in [0.4, 0.5) is 5.00 Å². The summed E-state index contributed by atoms with van der Waals surface area (Å²) in [5, 5.41) is 1.61. The number of aryl methyl sites for hydroxylation is 1. The molecule has 1 aromatic rings. The number of halogens is 1. The summed E-state index contributed by atoms with van der Waals surface area (Å²) in [6.45, 7) is 0.688. The average molecular weight is 358 g/mol. The van der Waals surface area contributed by atoms with Crippen molar-refractivity contribution in [3.8, 4) is 0 Å². The molecule has 1 aliphatic carbocycles. The topological polar surface area (TPSA) is 46.6 Å². The van der Waals surface area contributed by atoms with Gasteiger partial charge in [0.25, 0.3) is 0 Å². The van der Waals surface area contributed by atoms with Gasteiger partial charge in [-0.1, -0.05) is 15.9 Å². The molecule has 2 heterocycles. The molecule has 20 heavy (non-hydrogen) atoms. The van der Waals surface area contributed by atoms with Crippen molar-refractivity contribution in [1.82, 2.24) is 0 Å². The molecule has 1 amide bonds. The number of carbonyl (C=O) groups excluding carboxylic acids is 2. The highest BCUT2D eigenvalue weighted by Gasteiger charge is 2.36. The van der Waals surface area contributed by atoms with E-state index in [-0.39, 0.29) is 11.9 Å². The SMILES string of the molecule is COC(=O)c1c(N2CC(CBr)CC2=O)sc2c1CCC2. The minimum atomic E-state index is -0.311. The van der Waals surface area contributed by atoms with Crippen LogP contribution in [0.1, 0.15) is 33.6 Å². The molecule has 0 bridgehead atoms. The standard InChI is InChI=1S/C14H16BrNO3S/c1-19-14(18)12-9-3-2-4-10(9)20-13(12)16-7-8(6-15)5-11(16)17/h8H,2-7H2,1H3. The van der Waals surface area contributed by atoms with Gasteiger partial charge >= 0.3 is 5.97 Å². The normalized spacial score (nSPS) is 21.4. The predicted octanol–water partition coefficient (Wildman–Crippen LogP) is 2.77. The molecule has 3 rings (SSSR count). The first kappa shape index (κ1) is 14.1. The van der Waals surface area contributed by atoms with E-state index in [9.17, 15) is 9.59 Å². The molecule has 6 heteroatoms. The van der Waals surface area contributed by atoms with E-state index in [0.29, 0.717) is 24.4 Å². The lowest BCUT2D eigenvalue weighted by Gasteiger charge is -2.16.